The molecule has 6 rings (SSSR count). The van der Waals surface area contributed by atoms with Crippen LogP contribution in [0.15, 0.2) is 71.4 Å². The lowest BCUT2D eigenvalue weighted by Crippen LogP contribution is -2.44. The number of hydrogen-bond donors (Lipinski definition) is 1. The minimum Gasteiger partial charge on any atom is -0.488 e. The molecular formula is C40H43ClN6O5. The number of aromatic nitrogens is 2. The number of hydrogen-bond acceptors (Lipinski definition) is 10. The number of pyridine rings is 1. The summed E-state index contributed by atoms with van der Waals surface area (Å²) in [6, 6.07) is 19.6. The molecule has 1 N–H and O–H groups in total. The molecule has 1 saturated heterocycles. The van der Waals surface area contributed by atoms with Gasteiger partial charge < -0.3 is 28.8 Å². The zero-order valence-electron chi connectivity index (χ0n) is 29.9. The fraction of sp³-hybridized carbons (Fsp3) is 0.350. The van der Waals surface area contributed by atoms with Crippen molar-refractivity contribution in [2.24, 2.45) is 0 Å². The summed E-state index contributed by atoms with van der Waals surface area (Å²) in [5.41, 5.74) is 7.59. The first-order valence-corrected chi connectivity index (χ1v) is 17.8. The van der Waals surface area contributed by atoms with Gasteiger partial charge in [0, 0.05) is 62.3 Å². The highest BCUT2D eigenvalue weighted by Gasteiger charge is 2.24. The van der Waals surface area contributed by atoms with E-state index in [0.29, 0.717) is 40.1 Å². The molecule has 0 saturated carbocycles. The van der Waals surface area contributed by atoms with Crippen molar-refractivity contribution in [1.82, 2.24) is 19.8 Å². The van der Waals surface area contributed by atoms with E-state index < -0.39 is 12.0 Å². The number of fused-ring (bicyclic) bond motifs is 1. The number of rotatable bonds is 14. The van der Waals surface area contributed by atoms with E-state index in [1.807, 2.05) is 25.1 Å². The van der Waals surface area contributed by atoms with E-state index >= 15 is 0 Å². The molecule has 0 amide bonds. The molecule has 1 unspecified atom stereocenters. The molecule has 270 valence electrons. The quantitative estimate of drug-likeness (QED) is 0.124. The number of oxazole rings is 1. The van der Waals surface area contributed by atoms with Crippen LogP contribution in [0.3, 0.4) is 0 Å². The van der Waals surface area contributed by atoms with Crippen LogP contribution >= 0.6 is 11.6 Å². The van der Waals surface area contributed by atoms with Gasteiger partial charge in [0.15, 0.2) is 5.58 Å². The first-order chi connectivity index (χ1) is 25.1. The molecule has 1 aliphatic heterocycles. The summed E-state index contributed by atoms with van der Waals surface area (Å²) in [5.74, 6) is 0.0448. The Labute approximate surface area is 309 Å². The van der Waals surface area contributed by atoms with Crippen molar-refractivity contribution in [3.63, 3.8) is 0 Å². The minimum absolute atomic E-state index is 0.144. The summed E-state index contributed by atoms with van der Waals surface area (Å²) in [6.45, 7) is 8.43. The fourth-order valence-corrected chi connectivity index (χ4v) is 6.68. The molecule has 12 heteroatoms. The van der Waals surface area contributed by atoms with Crippen LogP contribution in [0.2, 0.25) is 5.02 Å². The molecular weight excluding hydrogens is 680 g/mol. The van der Waals surface area contributed by atoms with Crippen molar-refractivity contribution in [3.8, 4) is 28.7 Å². The van der Waals surface area contributed by atoms with Gasteiger partial charge in [-0.05, 0) is 74.0 Å². The standard InChI is InChI=1S/C40H43ClN6O5/c1-5-7-35(39(48)49)46(4)23-31-17-33(41)38(19-37(31)50-24-28-16-27(20-42)21-43-22-28)51-25-30-8-6-9-32(26(30)2)29-10-11-36-34(18-29)44-40(52-36)47-14-12-45(3)13-15-47/h6,8-11,16-19,21-22,35H,5,7,12-15,23-25H2,1-4H3,(H,48,49). The predicted molar refractivity (Wildman–Crippen MR) is 201 cm³/mol. The van der Waals surface area contributed by atoms with E-state index in [1.165, 1.54) is 6.20 Å². The van der Waals surface area contributed by atoms with Crippen molar-refractivity contribution in [2.75, 3.05) is 45.2 Å². The molecule has 1 atom stereocenters. The van der Waals surface area contributed by atoms with E-state index in [0.717, 1.165) is 71.5 Å². The Kier molecular flexibility index (Phi) is 11.6. The van der Waals surface area contributed by atoms with Crippen molar-refractivity contribution in [3.05, 3.63) is 99.8 Å². The van der Waals surface area contributed by atoms with Crippen LogP contribution in [0, 0.1) is 18.3 Å². The largest absolute Gasteiger partial charge is 0.488 e. The maximum absolute atomic E-state index is 12.0. The van der Waals surface area contributed by atoms with Crippen LogP contribution < -0.4 is 14.4 Å². The van der Waals surface area contributed by atoms with Gasteiger partial charge in [-0.1, -0.05) is 49.2 Å². The first-order valence-electron chi connectivity index (χ1n) is 17.4. The van der Waals surface area contributed by atoms with Crippen molar-refractivity contribution >= 4 is 34.7 Å². The number of aliphatic carboxylic acids is 1. The molecule has 0 spiro atoms. The van der Waals surface area contributed by atoms with Gasteiger partial charge in [-0.3, -0.25) is 14.7 Å². The molecule has 0 radical (unpaired) electrons. The lowest BCUT2D eigenvalue weighted by Gasteiger charge is -2.31. The van der Waals surface area contributed by atoms with Gasteiger partial charge in [0.25, 0.3) is 6.01 Å². The van der Waals surface area contributed by atoms with Gasteiger partial charge in [-0.2, -0.15) is 10.2 Å². The third kappa shape index (κ3) is 8.48. The number of nitrogens with zero attached hydrogens (tertiary/aromatic N) is 6. The summed E-state index contributed by atoms with van der Waals surface area (Å²) in [4.78, 5) is 27.3. The number of carboxylic acid groups (broad SMARTS) is 1. The molecule has 5 aromatic rings. The Bertz CT molecular complexity index is 2090. The average molecular weight is 723 g/mol. The van der Waals surface area contributed by atoms with Crippen LogP contribution in [-0.4, -0.2) is 77.2 Å². The second-order valence-corrected chi connectivity index (χ2v) is 13.7. The lowest BCUT2D eigenvalue weighted by molar-refractivity contribution is -0.143. The number of carbonyl (C=O) groups is 1. The van der Waals surface area contributed by atoms with E-state index in [-0.39, 0.29) is 19.8 Å². The van der Waals surface area contributed by atoms with Gasteiger partial charge >= 0.3 is 5.97 Å². The summed E-state index contributed by atoms with van der Waals surface area (Å²) in [7, 11) is 3.90. The number of anilines is 1. The van der Waals surface area contributed by atoms with E-state index in [1.54, 1.807) is 36.3 Å². The van der Waals surface area contributed by atoms with Crippen molar-refractivity contribution in [1.29, 1.82) is 5.26 Å². The summed E-state index contributed by atoms with van der Waals surface area (Å²) in [5, 5.41) is 19.6. The highest BCUT2D eigenvalue weighted by molar-refractivity contribution is 6.32. The van der Waals surface area contributed by atoms with Crippen LogP contribution in [-0.2, 0) is 24.6 Å². The second-order valence-electron chi connectivity index (χ2n) is 13.3. The van der Waals surface area contributed by atoms with Gasteiger partial charge in [0.2, 0.25) is 0 Å². The summed E-state index contributed by atoms with van der Waals surface area (Å²) < 4.78 is 18.7. The molecule has 11 nitrogen and oxygen atoms in total. The maximum atomic E-state index is 12.0. The van der Waals surface area contributed by atoms with Crippen LogP contribution in [0.4, 0.5) is 6.01 Å². The number of ether oxygens (including phenoxy) is 2. The van der Waals surface area contributed by atoms with Crippen molar-refractivity contribution in [2.45, 2.75) is 52.5 Å². The Morgan fingerprint density at radius 1 is 1.06 bits per heavy atom. The highest BCUT2D eigenvalue weighted by atomic mass is 35.5. The topological polar surface area (TPSA) is 128 Å². The van der Waals surface area contributed by atoms with E-state index in [4.69, 9.17) is 30.5 Å². The van der Waals surface area contributed by atoms with Gasteiger partial charge in [0.1, 0.15) is 42.3 Å². The van der Waals surface area contributed by atoms with E-state index in [2.05, 4.69) is 53.0 Å². The average Bonchev–Trinajstić information content (AvgIpc) is 3.57. The summed E-state index contributed by atoms with van der Waals surface area (Å²) in [6.07, 6.45) is 4.37. The Morgan fingerprint density at radius 2 is 1.85 bits per heavy atom. The van der Waals surface area contributed by atoms with Gasteiger partial charge in [-0.15, -0.1) is 0 Å². The van der Waals surface area contributed by atoms with E-state index in [9.17, 15) is 15.2 Å². The molecule has 2 aromatic heterocycles. The minimum atomic E-state index is -0.883. The molecule has 3 aromatic carbocycles. The number of benzene rings is 3. The van der Waals surface area contributed by atoms with Crippen LogP contribution in [0.5, 0.6) is 11.5 Å². The zero-order valence-corrected chi connectivity index (χ0v) is 30.7. The second kappa shape index (κ2) is 16.5. The maximum Gasteiger partial charge on any atom is 0.320 e. The number of nitriles is 1. The number of halogens is 1. The summed E-state index contributed by atoms with van der Waals surface area (Å²) >= 11 is 6.82. The third-order valence-corrected chi connectivity index (χ3v) is 9.82. The normalized spacial score (nSPS) is 14.1. The number of piperazine rings is 1. The Hall–Kier alpha value is -5.15. The van der Waals surface area contributed by atoms with Gasteiger partial charge in [0.05, 0.1) is 10.6 Å². The number of carboxylic acids is 1. The third-order valence-electron chi connectivity index (χ3n) is 9.52. The lowest BCUT2D eigenvalue weighted by atomic mass is 9.96. The molecule has 0 bridgehead atoms. The molecule has 1 fully saturated rings. The first kappa shape index (κ1) is 36.6. The number of likely N-dealkylation sites (N-methyl/N-ethyl adjacent to an activating group) is 2. The molecule has 1 aliphatic rings. The monoisotopic (exact) mass is 722 g/mol. The smallest absolute Gasteiger partial charge is 0.320 e. The Morgan fingerprint density at radius 3 is 2.60 bits per heavy atom. The van der Waals surface area contributed by atoms with Crippen LogP contribution in [0.1, 0.15) is 47.6 Å². The highest BCUT2D eigenvalue weighted by Crippen LogP contribution is 2.36. The fourth-order valence-electron chi connectivity index (χ4n) is 6.44. The molecule has 0 aliphatic carbocycles. The molecule has 52 heavy (non-hydrogen) atoms. The van der Waals surface area contributed by atoms with Crippen molar-refractivity contribution < 1.29 is 23.8 Å². The Balaban J connectivity index is 1.23. The zero-order chi connectivity index (χ0) is 36.8. The SMILES string of the molecule is CCCC(C(=O)O)N(C)Cc1cc(Cl)c(OCc2cccc(-c3ccc4oc(N5CCN(C)CC5)nc4c3)c2C)cc1OCc1cncc(C#N)c1. The van der Waals surface area contributed by atoms with Crippen LogP contribution in [0.25, 0.3) is 22.2 Å². The predicted octanol–water partition coefficient (Wildman–Crippen LogP) is 7.32. The van der Waals surface area contributed by atoms with Gasteiger partial charge in [-0.25, -0.2) is 0 Å². The molecule has 3 heterocycles.